The van der Waals surface area contributed by atoms with Crippen molar-refractivity contribution in [1.82, 2.24) is 0 Å². The van der Waals surface area contributed by atoms with Gasteiger partial charge in [-0.15, -0.1) is 0 Å². The molecule has 0 atom stereocenters. The van der Waals surface area contributed by atoms with Crippen LogP contribution in [0.1, 0.15) is 6.42 Å². The molecule has 0 spiro atoms. The van der Waals surface area contributed by atoms with Crippen molar-refractivity contribution in [2.75, 3.05) is 0 Å². The summed E-state index contributed by atoms with van der Waals surface area (Å²) in [5, 5.41) is 9.09. The number of aliphatic hydroxyl groups excluding tert-OH is 1. The first-order chi connectivity index (χ1) is 5.86. The van der Waals surface area contributed by atoms with E-state index in [2.05, 4.69) is 12.2 Å². The summed E-state index contributed by atoms with van der Waals surface area (Å²) in [6.45, 7) is 0. The first kappa shape index (κ1) is 7.17. The topological polar surface area (TPSA) is 20.2 Å². The molecule has 0 saturated heterocycles. The first-order valence-corrected chi connectivity index (χ1v) is 4.01. The molecule has 1 nitrogen and oxygen atoms in total. The first-order valence-electron chi connectivity index (χ1n) is 4.01. The van der Waals surface area contributed by atoms with Crippen LogP contribution in [0.5, 0.6) is 0 Å². The maximum atomic E-state index is 9.09. The van der Waals surface area contributed by atoms with Crippen molar-refractivity contribution in [3.05, 3.63) is 59.4 Å². The lowest BCUT2D eigenvalue weighted by atomic mass is 10.0. The monoisotopic (exact) mass is 158 g/mol. The lowest BCUT2D eigenvalue weighted by Crippen LogP contribution is -1.89. The largest absolute Gasteiger partial charge is 0.508 e. The van der Waals surface area contributed by atoms with Crippen molar-refractivity contribution >= 4 is 0 Å². The van der Waals surface area contributed by atoms with Crippen LogP contribution in [0.2, 0.25) is 0 Å². The molecule has 0 aromatic rings. The second-order valence-corrected chi connectivity index (χ2v) is 2.87. The van der Waals surface area contributed by atoms with E-state index in [1.807, 2.05) is 24.3 Å². The Bertz CT molecular complexity index is 324. The summed E-state index contributed by atoms with van der Waals surface area (Å²) in [7, 11) is 0. The molecule has 60 valence electrons. The predicted octanol–water partition coefficient (Wildman–Crippen LogP) is 2.81. The second kappa shape index (κ2) is 2.86. The molecule has 0 heterocycles. The number of aliphatic hydroxyl groups is 1. The highest BCUT2D eigenvalue weighted by Crippen LogP contribution is 2.21. The van der Waals surface area contributed by atoms with Gasteiger partial charge in [0.25, 0.3) is 0 Å². The fourth-order valence-electron chi connectivity index (χ4n) is 1.34. The van der Waals surface area contributed by atoms with E-state index in [4.69, 9.17) is 5.11 Å². The number of rotatable bonds is 0. The maximum Gasteiger partial charge on any atom is 0.111 e. The molecule has 1 heteroatoms. The smallest absolute Gasteiger partial charge is 0.111 e. The minimum absolute atomic E-state index is 0.366. The summed E-state index contributed by atoms with van der Waals surface area (Å²) in [6.07, 6.45) is 14.5. The van der Waals surface area contributed by atoms with Crippen LogP contribution in [0.15, 0.2) is 59.4 Å². The van der Waals surface area contributed by atoms with E-state index in [0.717, 1.165) is 6.42 Å². The Morgan fingerprint density at radius 2 is 1.75 bits per heavy atom. The Balaban J connectivity index is 2.29. The van der Waals surface area contributed by atoms with Gasteiger partial charge >= 0.3 is 0 Å². The van der Waals surface area contributed by atoms with Crippen LogP contribution in [0.25, 0.3) is 0 Å². The molecule has 0 bridgehead atoms. The molecular formula is C11H10O. The Morgan fingerprint density at radius 3 is 2.33 bits per heavy atom. The zero-order valence-electron chi connectivity index (χ0n) is 6.70. The van der Waals surface area contributed by atoms with Gasteiger partial charge in [0.05, 0.1) is 0 Å². The fraction of sp³-hybridized carbons (Fsp3) is 0.0909. The van der Waals surface area contributed by atoms with E-state index in [9.17, 15) is 0 Å². The van der Waals surface area contributed by atoms with Crippen molar-refractivity contribution < 1.29 is 5.11 Å². The van der Waals surface area contributed by atoms with Crippen LogP contribution in [0.3, 0.4) is 0 Å². The number of hydrogen-bond donors (Lipinski definition) is 1. The van der Waals surface area contributed by atoms with Gasteiger partial charge in [0.1, 0.15) is 5.76 Å². The summed E-state index contributed by atoms with van der Waals surface area (Å²) < 4.78 is 0. The molecule has 12 heavy (non-hydrogen) atoms. The summed E-state index contributed by atoms with van der Waals surface area (Å²) >= 11 is 0. The van der Waals surface area contributed by atoms with Crippen LogP contribution in [0.4, 0.5) is 0 Å². The number of hydrogen-bond acceptors (Lipinski definition) is 1. The average Bonchev–Trinajstić information content (AvgIpc) is 2.58. The lowest BCUT2D eigenvalue weighted by Gasteiger charge is -2.06. The molecule has 0 saturated carbocycles. The lowest BCUT2D eigenvalue weighted by molar-refractivity contribution is 0.429. The highest BCUT2D eigenvalue weighted by Gasteiger charge is 2.03. The standard InChI is InChI=1S/C11H10O/c12-11-7-5-10(6-8-11)9-3-1-2-4-9/h1-5,7-8,12H,6H2. The van der Waals surface area contributed by atoms with Crippen molar-refractivity contribution in [2.24, 2.45) is 0 Å². The summed E-state index contributed by atoms with van der Waals surface area (Å²) in [5.41, 5.74) is 2.51. The Hall–Kier alpha value is -1.50. The second-order valence-electron chi connectivity index (χ2n) is 2.87. The van der Waals surface area contributed by atoms with Crippen LogP contribution < -0.4 is 0 Å². The van der Waals surface area contributed by atoms with Crippen LogP contribution in [0, 0.1) is 0 Å². The molecule has 0 aromatic carbocycles. The van der Waals surface area contributed by atoms with E-state index >= 15 is 0 Å². The molecular weight excluding hydrogens is 148 g/mol. The van der Waals surface area contributed by atoms with E-state index in [1.165, 1.54) is 11.1 Å². The highest BCUT2D eigenvalue weighted by molar-refractivity contribution is 5.49. The molecule has 0 aliphatic heterocycles. The van der Waals surface area contributed by atoms with Gasteiger partial charge in [-0.05, 0) is 29.7 Å². The normalized spacial score (nSPS) is 20.5. The molecule has 2 rings (SSSR count). The Kier molecular flexibility index (Phi) is 1.71. The van der Waals surface area contributed by atoms with E-state index in [1.54, 1.807) is 6.08 Å². The third kappa shape index (κ3) is 1.26. The zero-order chi connectivity index (χ0) is 8.39. The van der Waals surface area contributed by atoms with E-state index in [-0.39, 0.29) is 0 Å². The molecule has 2 aliphatic carbocycles. The number of allylic oxidation sites excluding steroid dienone is 9. The molecule has 0 fully saturated rings. The molecule has 0 unspecified atom stereocenters. The molecule has 0 radical (unpaired) electrons. The van der Waals surface area contributed by atoms with E-state index < -0.39 is 0 Å². The summed E-state index contributed by atoms with van der Waals surface area (Å²) in [5.74, 6) is 0.366. The third-order valence-corrected chi connectivity index (χ3v) is 2.02. The molecule has 0 aromatic heterocycles. The summed E-state index contributed by atoms with van der Waals surface area (Å²) in [6, 6.07) is 0. The SMILES string of the molecule is OC1=CCC(=C2C=CC=C2)C=C1. The molecule has 0 amide bonds. The minimum Gasteiger partial charge on any atom is -0.508 e. The van der Waals surface area contributed by atoms with Gasteiger partial charge in [0.2, 0.25) is 0 Å². The molecule has 2 aliphatic rings. The van der Waals surface area contributed by atoms with Gasteiger partial charge in [-0.2, -0.15) is 0 Å². The van der Waals surface area contributed by atoms with Crippen molar-refractivity contribution in [3.63, 3.8) is 0 Å². The minimum atomic E-state index is 0.366. The van der Waals surface area contributed by atoms with Crippen LogP contribution >= 0.6 is 0 Å². The highest BCUT2D eigenvalue weighted by atomic mass is 16.3. The van der Waals surface area contributed by atoms with Crippen molar-refractivity contribution in [3.8, 4) is 0 Å². The van der Waals surface area contributed by atoms with Crippen molar-refractivity contribution in [1.29, 1.82) is 0 Å². The third-order valence-electron chi connectivity index (χ3n) is 2.02. The fourth-order valence-corrected chi connectivity index (χ4v) is 1.34. The predicted molar refractivity (Wildman–Crippen MR) is 49.8 cm³/mol. The Labute approximate surface area is 71.7 Å². The van der Waals surface area contributed by atoms with E-state index in [0.29, 0.717) is 5.76 Å². The zero-order valence-corrected chi connectivity index (χ0v) is 6.70. The maximum absolute atomic E-state index is 9.09. The van der Waals surface area contributed by atoms with Gasteiger partial charge in [0, 0.05) is 0 Å². The summed E-state index contributed by atoms with van der Waals surface area (Å²) in [4.78, 5) is 0. The van der Waals surface area contributed by atoms with Gasteiger partial charge < -0.3 is 5.11 Å². The van der Waals surface area contributed by atoms with Gasteiger partial charge in [-0.25, -0.2) is 0 Å². The van der Waals surface area contributed by atoms with Gasteiger partial charge in [-0.1, -0.05) is 30.4 Å². The average molecular weight is 158 g/mol. The molecule has 1 N–H and O–H groups in total. The quantitative estimate of drug-likeness (QED) is 0.574. The Morgan fingerprint density at radius 1 is 1.00 bits per heavy atom. The van der Waals surface area contributed by atoms with Crippen molar-refractivity contribution in [2.45, 2.75) is 6.42 Å². The van der Waals surface area contributed by atoms with Crippen LogP contribution in [-0.2, 0) is 0 Å². The van der Waals surface area contributed by atoms with Crippen LogP contribution in [-0.4, -0.2) is 5.11 Å². The van der Waals surface area contributed by atoms with Gasteiger partial charge in [0.15, 0.2) is 0 Å². The van der Waals surface area contributed by atoms with Gasteiger partial charge in [-0.3, -0.25) is 0 Å².